The first-order valence-electron chi connectivity index (χ1n) is 10.8. The highest BCUT2D eigenvalue weighted by molar-refractivity contribution is 14.1. The summed E-state index contributed by atoms with van der Waals surface area (Å²) in [4.78, 5) is 28.9. The highest BCUT2D eigenvalue weighted by Crippen LogP contribution is 2.28. The minimum atomic E-state index is -0.518. The zero-order valence-electron chi connectivity index (χ0n) is 19.5. The van der Waals surface area contributed by atoms with Crippen molar-refractivity contribution in [3.63, 3.8) is 0 Å². The smallest absolute Gasteiger partial charge is 0.316 e. The lowest BCUT2D eigenvalue weighted by Gasteiger charge is -2.12. The van der Waals surface area contributed by atoms with Gasteiger partial charge in [0, 0.05) is 24.3 Å². The van der Waals surface area contributed by atoms with Crippen molar-refractivity contribution in [2.24, 2.45) is 0 Å². The fourth-order valence-corrected chi connectivity index (χ4v) is 3.48. The summed E-state index contributed by atoms with van der Waals surface area (Å²) in [5.74, 6) is 0.479. The number of amides is 2. The highest BCUT2D eigenvalue weighted by atomic mass is 127. The SMILES string of the molecule is CCOc1ccc(C(=O)NCCNC(=O)c2nc(Cn3nc(C)c(I)c3C)no2)cc1OCC. The van der Waals surface area contributed by atoms with Gasteiger partial charge in [0.1, 0.15) is 6.54 Å². The molecule has 2 amide bonds. The number of benzene rings is 1. The van der Waals surface area contributed by atoms with Crippen molar-refractivity contribution in [3.05, 3.63) is 50.4 Å². The van der Waals surface area contributed by atoms with E-state index in [0.29, 0.717) is 42.6 Å². The topological polar surface area (TPSA) is 133 Å². The van der Waals surface area contributed by atoms with Gasteiger partial charge in [-0.2, -0.15) is 10.1 Å². The van der Waals surface area contributed by atoms with Gasteiger partial charge in [-0.1, -0.05) is 5.16 Å². The summed E-state index contributed by atoms with van der Waals surface area (Å²) in [7, 11) is 0. The predicted molar refractivity (Wildman–Crippen MR) is 131 cm³/mol. The maximum atomic E-state index is 12.4. The Balaban J connectivity index is 1.48. The molecule has 0 aliphatic carbocycles. The Labute approximate surface area is 210 Å². The van der Waals surface area contributed by atoms with Gasteiger partial charge in [0.05, 0.1) is 22.5 Å². The fraction of sp³-hybridized carbons (Fsp3) is 0.409. The lowest BCUT2D eigenvalue weighted by Crippen LogP contribution is -2.34. The van der Waals surface area contributed by atoms with Crippen LogP contribution in [0, 0.1) is 17.4 Å². The summed E-state index contributed by atoms with van der Waals surface area (Å²) in [6, 6.07) is 4.99. The molecule has 0 saturated carbocycles. The van der Waals surface area contributed by atoms with E-state index in [0.717, 1.165) is 15.0 Å². The van der Waals surface area contributed by atoms with Gasteiger partial charge in [-0.3, -0.25) is 14.3 Å². The molecule has 1 aromatic carbocycles. The Bertz CT molecular complexity index is 1160. The molecular formula is C22H27IN6O5. The predicted octanol–water partition coefficient (Wildman–Crippen LogP) is 2.49. The lowest BCUT2D eigenvalue weighted by atomic mass is 10.2. The average molecular weight is 582 g/mol. The van der Waals surface area contributed by atoms with E-state index in [4.69, 9.17) is 14.0 Å². The number of halogens is 1. The Morgan fingerprint density at radius 3 is 2.38 bits per heavy atom. The van der Waals surface area contributed by atoms with Crippen LogP contribution in [0.3, 0.4) is 0 Å². The van der Waals surface area contributed by atoms with Crippen molar-refractivity contribution in [2.45, 2.75) is 34.2 Å². The van der Waals surface area contributed by atoms with Crippen LogP contribution in [0.15, 0.2) is 22.7 Å². The number of aryl methyl sites for hydroxylation is 1. The van der Waals surface area contributed by atoms with Crippen molar-refractivity contribution in [2.75, 3.05) is 26.3 Å². The molecular weight excluding hydrogens is 555 g/mol. The molecule has 0 aliphatic rings. The monoisotopic (exact) mass is 582 g/mol. The summed E-state index contributed by atoms with van der Waals surface area (Å²) < 4.78 is 18.9. The zero-order valence-corrected chi connectivity index (χ0v) is 21.6. The van der Waals surface area contributed by atoms with Gasteiger partial charge in [-0.15, -0.1) is 0 Å². The molecule has 0 atom stereocenters. The quantitative estimate of drug-likeness (QED) is 0.260. The number of hydrogen-bond acceptors (Lipinski definition) is 8. The van der Waals surface area contributed by atoms with Crippen LogP contribution in [-0.2, 0) is 6.54 Å². The van der Waals surface area contributed by atoms with Crippen molar-refractivity contribution in [3.8, 4) is 11.5 Å². The highest BCUT2D eigenvalue weighted by Gasteiger charge is 2.17. The van der Waals surface area contributed by atoms with Gasteiger partial charge in [0.25, 0.3) is 5.91 Å². The van der Waals surface area contributed by atoms with E-state index >= 15 is 0 Å². The van der Waals surface area contributed by atoms with E-state index in [1.54, 1.807) is 22.9 Å². The Morgan fingerprint density at radius 1 is 1.06 bits per heavy atom. The number of carbonyl (C=O) groups excluding carboxylic acids is 2. The van der Waals surface area contributed by atoms with Gasteiger partial charge in [-0.25, -0.2) is 0 Å². The largest absolute Gasteiger partial charge is 0.490 e. The molecule has 0 bridgehead atoms. The maximum Gasteiger partial charge on any atom is 0.316 e. The fourth-order valence-electron chi connectivity index (χ4n) is 3.10. The standard InChI is InChI=1S/C22H27IN6O5/c1-5-32-16-8-7-15(11-17(16)33-6-2)20(30)24-9-10-25-21(31)22-26-18(28-34-22)12-29-14(4)19(23)13(3)27-29/h7-8,11H,5-6,9-10,12H2,1-4H3,(H,24,30)(H,25,31). The minimum absolute atomic E-state index is 0.148. The first-order valence-corrected chi connectivity index (χ1v) is 11.9. The molecule has 0 radical (unpaired) electrons. The second-order valence-corrected chi connectivity index (χ2v) is 8.28. The van der Waals surface area contributed by atoms with Gasteiger partial charge in [-0.05, 0) is 68.5 Å². The van der Waals surface area contributed by atoms with Gasteiger partial charge in [0.15, 0.2) is 17.3 Å². The van der Waals surface area contributed by atoms with Gasteiger partial charge < -0.3 is 24.6 Å². The maximum absolute atomic E-state index is 12.4. The normalized spacial score (nSPS) is 10.7. The Hall–Kier alpha value is -3.16. The zero-order chi connectivity index (χ0) is 24.7. The van der Waals surface area contributed by atoms with Crippen LogP contribution >= 0.6 is 22.6 Å². The number of rotatable bonds is 11. The molecule has 3 rings (SSSR count). The van der Waals surface area contributed by atoms with Gasteiger partial charge >= 0.3 is 11.8 Å². The van der Waals surface area contributed by atoms with Crippen molar-refractivity contribution in [1.29, 1.82) is 0 Å². The van der Waals surface area contributed by atoms with Crippen molar-refractivity contribution in [1.82, 2.24) is 30.6 Å². The minimum Gasteiger partial charge on any atom is -0.490 e. The molecule has 0 unspecified atom stereocenters. The number of ether oxygens (including phenoxy) is 2. The van der Waals surface area contributed by atoms with Crippen molar-refractivity contribution >= 4 is 34.4 Å². The molecule has 0 aliphatic heterocycles. The van der Waals surface area contributed by atoms with Gasteiger partial charge in [0.2, 0.25) is 0 Å². The van der Waals surface area contributed by atoms with E-state index in [9.17, 15) is 9.59 Å². The van der Waals surface area contributed by atoms with E-state index in [-0.39, 0.29) is 24.9 Å². The molecule has 3 aromatic rings. The number of nitrogens with zero attached hydrogens (tertiary/aromatic N) is 4. The lowest BCUT2D eigenvalue weighted by molar-refractivity contribution is 0.0898. The molecule has 0 saturated heterocycles. The molecule has 2 N–H and O–H groups in total. The molecule has 0 fully saturated rings. The number of nitrogens with one attached hydrogen (secondary N) is 2. The molecule has 0 spiro atoms. The summed E-state index contributed by atoms with van der Waals surface area (Å²) in [6.07, 6.45) is 0. The van der Waals surface area contributed by atoms with E-state index in [2.05, 4.69) is 48.5 Å². The second-order valence-electron chi connectivity index (χ2n) is 7.20. The molecule has 2 aromatic heterocycles. The van der Waals surface area contributed by atoms with E-state index < -0.39 is 5.91 Å². The first-order chi connectivity index (χ1) is 16.3. The first kappa shape index (κ1) is 25.5. The van der Waals surface area contributed by atoms with Crippen LogP contribution in [0.2, 0.25) is 0 Å². The molecule has 2 heterocycles. The molecule has 12 heteroatoms. The summed E-state index contributed by atoms with van der Waals surface area (Å²) in [6.45, 7) is 9.26. The van der Waals surface area contributed by atoms with Crippen LogP contribution in [0.5, 0.6) is 11.5 Å². The average Bonchev–Trinajstić information content (AvgIpc) is 3.38. The van der Waals surface area contributed by atoms with Crippen LogP contribution < -0.4 is 20.1 Å². The molecule has 34 heavy (non-hydrogen) atoms. The van der Waals surface area contributed by atoms with Crippen LogP contribution in [0.25, 0.3) is 0 Å². The number of hydrogen-bond donors (Lipinski definition) is 2. The summed E-state index contributed by atoms with van der Waals surface area (Å²) in [5.41, 5.74) is 2.34. The third-order valence-corrected chi connectivity index (χ3v) is 6.31. The molecule has 182 valence electrons. The second kappa shape index (κ2) is 11.8. The van der Waals surface area contributed by atoms with E-state index in [1.807, 2.05) is 27.7 Å². The van der Waals surface area contributed by atoms with Crippen LogP contribution in [-0.4, -0.2) is 58.0 Å². The van der Waals surface area contributed by atoms with E-state index in [1.165, 1.54) is 0 Å². The summed E-state index contributed by atoms with van der Waals surface area (Å²) >= 11 is 2.23. The van der Waals surface area contributed by atoms with Crippen LogP contribution in [0.1, 0.15) is 52.1 Å². The third-order valence-electron chi connectivity index (χ3n) is 4.75. The Kier molecular flexibility index (Phi) is 8.85. The third kappa shape index (κ3) is 6.24. The summed E-state index contributed by atoms with van der Waals surface area (Å²) in [5, 5.41) is 13.7. The number of aromatic nitrogens is 4. The Morgan fingerprint density at radius 2 is 1.74 bits per heavy atom. The van der Waals surface area contributed by atoms with Crippen LogP contribution in [0.4, 0.5) is 0 Å². The van der Waals surface area contributed by atoms with Crippen molar-refractivity contribution < 1.29 is 23.6 Å². The number of carbonyl (C=O) groups is 2. The molecule has 11 nitrogen and oxygen atoms in total.